The molecule has 5 rings (SSSR count). The molecule has 0 saturated carbocycles. The van der Waals surface area contributed by atoms with E-state index in [1.54, 1.807) is 0 Å². The molecule has 0 unspecified atom stereocenters. The predicted octanol–water partition coefficient (Wildman–Crippen LogP) is 13.6. The summed E-state index contributed by atoms with van der Waals surface area (Å²) in [4.78, 5) is 0. The van der Waals surface area contributed by atoms with Crippen LogP contribution in [0.3, 0.4) is 0 Å². The maximum atomic E-state index is 16.0. The van der Waals surface area contributed by atoms with Crippen LogP contribution in [-0.2, 0) is 11.8 Å². The SMILES string of the molecule is FC(F)(F)C(F)(F)C(F)(F)C(F)(F)C(F)(F)C(F)(F)c1c2c3ccccc3c2c(C(F)(F)C(F)(F)C(F)(F)C(F)(F)C(F)(F)C(F)(F)F)c2c3ccccc3c12. The summed E-state index contributed by atoms with van der Waals surface area (Å²) in [5.41, 5.74) is -6.08. The zero-order chi connectivity index (χ0) is 43.4. The summed E-state index contributed by atoms with van der Waals surface area (Å²) in [6.45, 7) is 0. The van der Waals surface area contributed by atoms with Crippen molar-refractivity contribution in [3.63, 3.8) is 0 Å². The predicted molar refractivity (Wildman–Crippen MR) is 138 cm³/mol. The topological polar surface area (TPSA) is 0 Å². The Balaban J connectivity index is 1.94. The number of alkyl halides is 26. The molecule has 0 fully saturated rings. The van der Waals surface area contributed by atoms with E-state index in [9.17, 15) is 79.0 Å². The summed E-state index contributed by atoms with van der Waals surface area (Å²) in [7, 11) is 0. The molecular weight excluding hydrogens is 854 g/mol. The average Bonchev–Trinajstić information content (AvgIpc) is 3.02. The second-order valence-corrected chi connectivity index (χ2v) is 12.1. The van der Waals surface area contributed by atoms with Crippen molar-refractivity contribution in [3.8, 4) is 0 Å². The molecule has 0 radical (unpaired) electrons. The molecule has 0 heterocycles. The molecule has 0 atom stereocenters. The van der Waals surface area contributed by atoms with Gasteiger partial charge in [-0.3, -0.25) is 0 Å². The zero-order valence-electron chi connectivity index (χ0n) is 25.4. The van der Waals surface area contributed by atoms with Crippen molar-refractivity contribution in [2.75, 3.05) is 0 Å². The van der Waals surface area contributed by atoms with Gasteiger partial charge >= 0.3 is 71.6 Å². The fourth-order valence-corrected chi connectivity index (χ4v) is 6.02. The summed E-state index contributed by atoms with van der Waals surface area (Å²) in [5.74, 6) is -81.8. The molecule has 0 nitrogen and oxygen atoms in total. The van der Waals surface area contributed by atoms with E-state index < -0.39 is 126 Å². The third-order valence-corrected chi connectivity index (χ3v) is 8.93. The van der Waals surface area contributed by atoms with Crippen LogP contribution in [0, 0.1) is 0 Å². The van der Waals surface area contributed by atoms with E-state index in [0.717, 1.165) is 0 Å². The molecule has 0 aromatic heterocycles. The van der Waals surface area contributed by atoms with Gasteiger partial charge in [-0.05, 0) is 21.5 Å². The van der Waals surface area contributed by atoms with Crippen LogP contribution >= 0.6 is 0 Å². The molecule has 0 aliphatic rings. The maximum absolute atomic E-state index is 16.0. The molecular formula is C30H8F26. The fraction of sp³-hybridized carbons (Fsp3) is 0.400. The highest BCUT2D eigenvalue weighted by Gasteiger charge is 2.92. The lowest BCUT2D eigenvalue weighted by molar-refractivity contribution is -0.441. The molecule has 0 spiro atoms. The summed E-state index contributed by atoms with van der Waals surface area (Å²) in [6, 6.07) is 3.63. The molecule has 5 aromatic rings. The molecule has 0 N–H and O–H groups in total. The van der Waals surface area contributed by atoms with Gasteiger partial charge in [0, 0.05) is 32.7 Å². The third-order valence-electron chi connectivity index (χ3n) is 8.93. The van der Waals surface area contributed by atoms with Gasteiger partial charge < -0.3 is 0 Å². The molecule has 56 heavy (non-hydrogen) atoms. The smallest absolute Gasteiger partial charge is 0.194 e. The lowest BCUT2D eigenvalue weighted by Gasteiger charge is -2.42. The minimum Gasteiger partial charge on any atom is -0.194 e. The molecule has 26 heteroatoms. The van der Waals surface area contributed by atoms with E-state index in [4.69, 9.17) is 0 Å². The van der Waals surface area contributed by atoms with Crippen LogP contribution in [0.15, 0.2) is 48.5 Å². The van der Waals surface area contributed by atoms with Crippen LogP contribution in [-0.4, -0.2) is 59.7 Å². The van der Waals surface area contributed by atoms with E-state index in [1.807, 2.05) is 0 Å². The largest absolute Gasteiger partial charge is 0.460 e. The lowest BCUT2D eigenvalue weighted by atomic mass is 9.73. The van der Waals surface area contributed by atoms with Gasteiger partial charge in [0.25, 0.3) is 0 Å². The quantitative estimate of drug-likeness (QED) is 0.123. The number of halogens is 26. The first-order chi connectivity index (χ1) is 24.7. The van der Waals surface area contributed by atoms with Crippen molar-refractivity contribution >= 4 is 43.1 Å². The maximum Gasteiger partial charge on any atom is 0.460 e. The molecule has 0 amide bonds. The van der Waals surface area contributed by atoms with Crippen LogP contribution in [0.1, 0.15) is 11.1 Å². The fourth-order valence-electron chi connectivity index (χ4n) is 6.02. The van der Waals surface area contributed by atoms with E-state index in [1.165, 1.54) is 0 Å². The zero-order valence-corrected chi connectivity index (χ0v) is 25.4. The lowest BCUT2D eigenvalue weighted by Crippen LogP contribution is -2.69. The Bertz CT molecular complexity index is 2060. The van der Waals surface area contributed by atoms with Crippen molar-refractivity contribution in [3.05, 3.63) is 59.7 Å². The minimum atomic E-state index is -8.54. The number of benzene rings is 3. The van der Waals surface area contributed by atoms with Crippen molar-refractivity contribution in [1.29, 1.82) is 0 Å². The van der Waals surface area contributed by atoms with Gasteiger partial charge in [-0.15, -0.1) is 0 Å². The van der Waals surface area contributed by atoms with Gasteiger partial charge in [0.2, 0.25) is 0 Å². The number of hydrogen-bond donors (Lipinski definition) is 0. The molecule has 0 bridgehead atoms. The highest BCUT2D eigenvalue weighted by Crippen LogP contribution is 2.68. The second kappa shape index (κ2) is 11.3. The van der Waals surface area contributed by atoms with Gasteiger partial charge in [0.15, 0.2) is 0 Å². The Morgan fingerprint density at radius 2 is 0.411 bits per heavy atom. The van der Waals surface area contributed by atoms with Crippen LogP contribution < -0.4 is 0 Å². The Morgan fingerprint density at radius 1 is 0.232 bits per heavy atom. The summed E-state index contributed by atoms with van der Waals surface area (Å²) in [5, 5.41) is -14.4. The van der Waals surface area contributed by atoms with E-state index >= 15 is 35.1 Å². The molecule has 0 aliphatic heterocycles. The van der Waals surface area contributed by atoms with E-state index in [2.05, 4.69) is 0 Å². The molecule has 0 saturated heterocycles. The minimum absolute atomic E-state index is 0.309. The molecule has 5 aromatic carbocycles. The average molecular weight is 862 g/mol. The van der Waals surface area contributed by atoms with Gasteiger partial charge in [-0.25, -0.2) is 0 Å². The monoisotopic (exact) mass is 862 g/mol. The summed E-state index contributed by atoms with van der Waals surface area (Å²) >= 11 is 0. The summed E-state index contributed by atoms with van der Waals surface area (Å²) in [6.07, 6.45) is -15.8. The van der Waals surface area contributed by atoms with Gasteiger partial charge in [-0.1, -0.05) is 48.5 Å². The standard InChI is InChI=1S/C30H8F26/c31-19(32,21(35,36)23(39,40)25(43,44)27(47,48)29(51,52)53)17-13-9-5-1-2-6-10(9)14(13)18(16-12-8-4-3-7-11(12)15(16)17)20(33,34)22(37,38)24(41,42)26(45,46)28(49,50)30(54,55)56/h1-8H. The van der Waals surface area contributed by atoms with Crippen LogP contribution in [0.5, 0.6) is 0 Å². The van der Waals surface area contributed by atoms with E-state index in [0.29, 0.717) is 48.5 Å². The number of hydrogen-bond acceptors (Lipinski definition) is 0. The van der Waals surface area contributed by atoms with Crippen molar-refractivity contribution in [2.45, 2.75) is 71.6 Å². The number of fused-ring (bicyclic) bond motifs is 8. The first-order valence-corrected chi connectivity index (χ1v) is 14.1. The number of rotatable bonds is 10. The van der Waals surface area contributed by atoms with Crippen LogP contribution in [0.25, 0.3) is 43.1 Å². The van der Waals surface area contributed by atoms with Crippen molar-refractivity contribution in [1.82, 2.24) is 0 Å². The van der Waals surface area contributed by atoms with E-state index in [-0.39, 0.29) is 0 Å². The Kier molecular flexibility index (Phi) is 8.65. The first kappa shape index (κ1) is 43.0. The van der Waals surface area contributed by atoms with Gasteiger partial charge in [0.05, 0.1) is 0 Å². The first-order valence-electron chi connectivity index (χ1n) is 14.1. The van der Waals surface area contributed by atoms with Crippen molar-refractivity contribution in [2.24, 2.45) is 0 Å². The summed E-state index contributed by atoms with van der Waals surface area (Å²) < 4.78 is 370. The normalized spacial score (nSPS) is 16.0. The Labute approximate surface area is 289 Å². The molecule has 310 valence electrons. The van der Waals surface area contributed by atoms with Crippen molar-refractivity contribution < 1.29 is 114 Å². The second-order valence-electron chi connectivity index (χ2n) is 12.1. The highest BCUT2D eigenvalue weighted by atomic mass is 19.4. The Hall–Kier alpha value is -4.16. The van der Waals surface area contributed by atoms with Gasteiger partial charge in [-0.2, -0.15) is 114 Å². The van der Waals surface area contributed by atoms with Gasteiger partial charge in [0.1, 0.15) is 0 Å². The van der Waals surface area contributed by atoms with Crippen LogP contribution in [0.4, 0.5) is 114 Å². The third kappa shape index (κ3) is 4.65. The molecule has 0 aliphatic carbocycles. The van der Waals surface area contributed by atoms with Crippen LogP contribution in [0.2, 0.25) is 0 Å². The Morgan fingerprint density at radius 3 is 0.589 bits per heavy atom. The highest BCUT2D eigenvalue weighted by molar-refractivity contribution is 6.39.